The second kappa shape index (κ2) is 27.6. The zero-order chi connectivity index (χ0) is 58.4. The van der Waals surface area contributed by atoms with Gasteiger partial charge in [0.25, 0.3) is 0 Å². The summed E-state index contributed by atoms with van der Waals surface area (Å²) >= 11 is 0. The molecule has 0 amide bonds. The Hall–Kier alpha value is -6.70. The highest BCUT2D eigenvalue weighted by atomic mass is 19.4. The molecular weight excluding hydrogens is 1050 g/mol. The van der Waals surface area contributed by atoms with E-state index in [9.17, 15) is 45.5 Å². The van der Waals surface area contributed by atoms with Crippen LogP contribution in [0, 0.1) is 0 Å². The van der Waals surface area contributed by atoms with Gasteiger partial charge in [-0.05, 0) is 76.6 Å². The summed E-state index contributed by atoms with van der Waals surface area (Å²) < 4.78 is 83.9. The number of anilines is 4. The first kappa shape index (κ1) is 62.5. The molecule has 440 valence electrons. The van der Waals surface area contributed by atoms with Crippen molar-refractivity contribution in [1.29, 1.82) is 0 Å². The highest BCUT2D eigenvalue weighted by Crippen LogP contribution is 2.34. The number of aryl methyl sites for hydroxylation is 2. The lowest BCUT2D eigenvalue weighted by Gasteiger charge is -2.36. The molecule has 0 aliphatic carbocycles. The van der Waals surface area contributed by atoms with E-state index in [0.29, 0.717) is 63.1 Å². The molecule has 8 heterocycles. The number of aliphatic carboxylic acids is 2. The Morgan fingerprint density at radius 2 is 0.775 bits per heavy atom. The number of hydrogen-bond donors (Lipinski definition) is 2. The Morgan fingerprint density at radius 1 is 0.463 bits per heavy atom. The standard InChI is InChI=1S/2C25H36F3N7O.C4H4O4/c2*1-24(2,3)22-29-19(25(26,27)28)18-21(30-22)34-16-14-32(15-17-34)9-4-5-12-35-13-8-20(31-23(35)36)33-10-6-7-11-33;5-3(6)1-2-4(7)8/h2*8,13,18H,4-7,9-12,14-17H2,1-3H3;1-2H,(H,5,6)(H,7,8). The zero-order valence-corrected chi connectivity index (χ0v) is 46.6. The minimum absolute atomic E-state index is 0.202. The molecule has 4 fully saturated rings. The summed E-state index contributed by atoms with van der Waals surface area (Å²) in [4.78, 5) is 81.6. The Morgan fingerprint density at radius 3 is 1.06 bits per heavy atom. The van der Waals surface area contributed by atoms with Crippen molar-refractivity contribution in [3.05, 3.63) is 92.8 Å². The van der Waals surface area contributed by atoms with Gasteiger partial charge in [-0.3, -0.25) is 18.9 Å². The van der Waals surface area contributed by atoms with Crippen LogP contribution in [0.4, 0.5) is 49.6 Å². The first-order chi connectivity index (χ1) is 37.6. The number of carbonyl (C=O) groups is 2. The van der Waals surface area contributed by atoms with Gasteiger partial charge in [-0.15, -0.1) is 0 Å². The number of hydrogen-bond acceptors (Lipinski definition) is 16. The van der Waals surface area contributed by atoms with Crippen molar-refractivity contribution in [3.8, 4) is 0 Å². The van der Waals surface area contributed by atoms with Gasteiger partial charge in [-0.25, -0.2) is 39.1 Å². The van der Waals surface area contributed by atoms with Gasteiger partial charge in [0.1, 0.15) is 46.3 Å². The van der Waals surface area contributed by atoms with Crippen molar-refractivity contribution in [2.45, 2.75) is 129 Å². The minimum Gasteiger partial charge on any atom is -0.478 e. The highest BCUT2D eigenvalue weighted by Gasteiger charge is 2.37. The zero-order valence-electron chi connectivity index (χ0n) is 46.6. The third kappa shape index (κ3) is 19.0. The molecule has 4 aromatic rings. The molecule has 0 radical (unpaired) electrons. The molecule has 0 aromatic carbocycles. The molecule has 0 spiro atoms. The molecule has 26 heteroatoms. The number of aromatic nitrogens is 8. The molecule has 0 bridgehead atoms. The predicted octanol–water partition coefficient (Wildman–Crippen LogP) is 6.82. The van der Waals surface area contributed by atoms with E-state index in [2.05, 4.69) is 49.5 Å². The number of carboxylic acid groups (broad SMARTS) is 2. The Labute approximate surface area is 462 Å². The SMILES string of the molecule is CC(C)(C)c1nc(N2CCN(CCCCn3ccc(N4CCCC4)nc3=O)CC2)cc(C(F)(F)F)n1.CC(C)(C)c1nc(N2CCN(CCCCn3ccc(N4CCCC4)nc3=O)CC2)cc(C(F)(F)F)n1.O=C(O)C=CC(=O)O. The van der Waals surface area contributed by atoms with Crippen LogP contribution in [0.15, 0.2) is 58.4 Å². The molecule has 80 heavy (non-hydrogen) atoms. The Kier molecular flexibility index (Phi) is 21.6. The lowest BCUT2D eigenvalue weighted by atomic mass is 9.95. The van der Waals surface area contributed by atoms with Gasteiger partial charge in [-0.2, -0.15) is 36.3 Å². The predicted molar refractivity (Wildman–Crippen MR) is 292 cm³/mol. The normalized spacial score (nSPS) is 16.9. The van der Waals surface area contributed by atoms with Crippen LogP contribution >= 0.6 is 0 Å². The fourth-order valence-electron chi connectivity index (χ4n) is 9.36. The summed E-state index contributed by atoms with van der Waals surface area (Å²) in [6.07, 6.45) is 3.93. The maximum Gasteiger partial charge on any atom is 0.433 e. The number of carboxylic acids is 2. The van der Waals surface area contributed by atoms with Crippen molar-refractivity contribution in [2.24, 2.45) is 0 Å². The summed E-state index contributed by atoms with van der Waals surface area (Å²) in [6, 6.07) is 5.97. The fraction of sp³-hybridized carbons (Fsp3) is 0.630. The van der Waals surface area contributed by atoms with Crippen molar-refractivity contribution in [1.82, 2.24) is 48.8 Å². The molecule has 2 N–H and O–H groups in total. The molecule has 4 saturated heterocycles. The van der Waals surface area contributed by atoms with Crippen molar-refractivity contribution in [3.63, 3.8) is 0 Å². The first-order valence-corrected chi connectivity index (χ1v) is 27.3. The van der Waals surface area contributed by atoms with Crippen molar-refractivity contribution >= 4 is 35.2 Å². The van der Waals surface area contributed by atoms with Crippen LogP contribution in [0.3, 0.4) is 0 Å². The molecule has 8 rings (SSSR count). The van der Waals surface area contributed by atoms with E-state index in [1.165, 1.54) is 0 Å². The smallest absolute Gasteiger partial charge is 0.433 e. The average molecular weight is 1130 g/mol. The number of rotatable bonds is 16. The van der Waals surface area contributed by atoms with Crippen molar-refractivity contribution < 1.29 is 46.1 Å². The van der Waals surface area contributed by atoms with Gasteiger partial charge >= 0.3 is 35.7 Å². The van der Waals surface area contributed by atoms with Crippen LogP contribution in [0.1, 0.15) is 116 Å². The van der Waals surface area contributed by atoms with E-state index in [4.69, 9.17) is 10.2 Å². The van der Waals surface area contributed by atoms with E-state index in [1.54, 1.807) is 9.13 Å². The molecule has 4 aliphatic heterocycles. The maximum atomic E-state index is 13.4. The monoisotopic (exact) mass is 1130 g/mol. The number of unbranched alkanes of at least 4 members (excludes halogenated alkanes) is 2. The van der Waals surface area contributed by atoms with Crippen molar-refractivity contribution in [2.75, 3.05) is 111 Å². The van der Waals surface area contributed by atoms with E-state index < -0.39 is 46.5 Å². The van der Waals surface area contributed by atoms with E-state index in [1.807, 2.05) is 75.9 Å². The van der Waals surface area contributed by atoms with Crippen LogP contribution in [0.5, 0.6) is 0 Å². The third-order valence-corrected chi connectivity index (χ3v) is 13.9. The lowest BCUT2D eigenvalue weighted by molar-refractivity contribution is -0.142. The van der Waals surface area contributed by atoms with E-state index >= 15 is 0 Å². The third-order valence-electron chi connectivity index (χ3n) is 13.9. The van der Waals surface area contributed by atoms with Gasteiger partial charge in [-0.1, -0.05) is 41.5 Å². The van der Waals surface area contributed by atoms with Crippen LogP contribution in [-0.4, -0.2) is 163 Å². The summed E-state index contributed by atoms with van der Waals surface area (Å²) in [5, 5.41) is 15.6. The van der Waals surface area contributed by atoms with Gasteiger partial charge in [0.15, 0.2) is 0 Å². The minimum atomic E-state index is -4.51. The first-order valence-electron chi connectivity index (χ1n) is 27.3. The van der Waals surface area contributed by atoms with Crippen LogP contribution in [0.25, 0.3) is 0 Å². The fourth-order valence-corrected chi connectivity index (χ4v) is 9.36. The highest BCUT2D eigenvalue weighted by molar-refractivity contribution is 5.89. The molecule has 4 aromatic heterocycles. The second-order valence-electron chi connectivity index (χ2n) is 22.4. The topological polar surface area (TPSA) is 215 Å². The lowest BCUT2D eigenvalue weighted by Crippen LogP contribution is -2.47. The molecule has 20 nitrogen and oxygen atoms in total. The van der Waals surface area contributed by atoms with Gasteiger partial charge < -0.3 is 29.8 Å². The number of piperazine rings is 2. The van der Waals surface area contributed by atoms with Crippen LogP contribution < -0.4 is 31.0 Å². The van der Waals surface area contributed by atoms with Crippen LogP contribution in [-0.2, 0) is 45.9 Å². The largest absolute Gasteiger partial charge is 0.478 e. The summed E-state index contributed by atoms with van der Waals surface area (Å²) in [5.41, 5.74) is -3.35. The summed E-state index contributed by atoms with van der Waals surface area (Å²) in [7, 11) is 0. The molecular formula is C54H76F6N14O6. The van der Waals surface area contributed by atoms with Crippen LogP contribution in [0.2, 0.25) is 0 Å². The van der Waals surface area contributed by atoms with E-state index in [0.717, 1.165) is 141 Å². The maximum absolute atomic E-state index is 13.4. The Bertz CT molecular complexity index is 2570. The molecule has 0 atom stereocenters. The number of nitrogens with zero attached hydrogens (tertiary/aromatic N) is 14. The average Bonchev–Trinajstić information content (AvgIpc) is 4.16. The Balaban J connectivity index is 0.000000227. The summed E-state index contributed by atoms with van der Waals surface area (Å²) in [5.74, 6) is 0.109. The van der Waals surface area contributed by atoms with Gasteiger partial charge in [0.05, 0.1) is 0 Å². The van der Waals surface area contributed by atoms with Gasteiger partial charge in [0.2, 0.25) is 0 Å². The second-order valence-corrected chi connectivity index (χ2v) is 22.4. The number of halogens is 6. The number of alkyl halides is 6. The van der Waals surface area contributed by atoms with E-state index in [-0.39, 0.29) is 23.0 Å². The summed E-state index contributed by atoms with van der Waals surface area (Å²) in [6.45, 7) is 23.2. The molecule has 0 unspecified atom stereocenters. The quantitative estimate of drug-likeness (QED) is 0.0669. The molecule has 4 aliphatic rings. The molecule has 0 saturated carbocycles. The van der Waals surface area contributed by atoms with Gasteiger partial charge in [0, 0.05) is 139 Å².